The maximum Gasteiger partial charge on any atom is 0.254 e. The van der Waals surface area contributed by atoms with Crippen LogP contribution in [0.2, 0.25) is 5.02 Å². The van der Waals surface area contributed by atoms with Gasteiger partial charge >= 0.3 is 0 Å². The minimum absolute atomic E-state index is 0.0844. The molecule has 2 heterocycles. The molecule has 0 atom stereocenters. The molecule has 3 rings (SSSR count). The van der Waals surface area contributed by atoms with Crippen LogP contribution in [-0.2, 0) is 4.79 Å². The molecule has 0 unspecified atom stereocenters. The van der Waals surface area contributed by atoms with E-state index in [0.717, 1.165) is 51.1 Å². The molecule has 6 heteroatoms. The second-order valence-corrected chi connectivity index (χ2v) is 11.1. The van der Waals surface area contributed by atoms with Crippen LogP contribution in [0, 0.1) is 0 Å². The van der Waals surface area contributed by atoms with Crippen molar-refractivity contribution in [1.82, 2.24) is 9.80 Å². The van der Waals surface area contributed by atoms with Crippen LogP contribution in [0.15, 0.2) is 24.3 Å². The highest BCUT2D eigenvalue weighted by atomic mass is 35.5. The summed E-state index contributed by atoms with van der Waals surface area (Å²) in [6.45, 7) is 4.54. The monoisotopic (exact) mass is 478 g/mol. The predicted molar refractivity (Wildman–Crippen MR) is 135 cm³/mol. The van der Waals surface area contributed by atoms with Gasteiger partial charge in [-0.25, -0.2) is 0 Å². The van der Waals surface area contributed by atoms with E-state index in [9.17, 15) is 9.59 Å². The van der Waals surface area contributed by atoms with Gasteiger partial charge in [-0.3, -0.25) is 9.59 Å². The lowest BCUT2D eigenvalue weighted by atomic mass is 10.00. The van der Waals surface area contributed by atoms with Gasteiger partial charge in [0.15, 0.2) is 0 Å². The molecule has 2 aliphatic rings. The molecule has 2 fully saturated rings. The molecule has 0 saturated carbocycles. The number of benzene rings is 1. The summed E-state index contributed by atoms with van der Waals surface area (Å²) < 4.78 is 0. The zero-order chi connectivity index (χ0) is 22.8. The van der Waals surface area contributed by atoms with Gasteiger partial charge in [-0.1, -0.05) is 69.9 Å². The van der Waals surface area contributed by atoms with Crippen molar-refractivity contribution >= 4 is 35.2 Å². The summed E-state index contributed by atoms with van der Waals surface area (Å²) in [4.78, 5) is 29.8. The number of thioether (sulfide) groups is 1. The Bertz CT molecular complexity index is 732. The third-order valence-electron chi connectivity index (χ3n) is 6.91. The molecule has 0 aliphatic carbocycles. The number of amides is 2. The summed E-state index contributed by atoms with van der Waals surface area (Å²) in [5.74, 6) is 1.34. The van der Waals surface area contributed by atoms with E-state index in [1.807, 2.05) is 33.7 Å². The molecular weight excluding hydrogens is 440 g/mol. The normalized spacial score (nSPS) is 17.8. The van der Waals surface area contributed by atoms with E-state index in [-0.39, 0.29) is 10.8 Å². The number of likely N-dealkylation sites (tertiary alicyclic amines) is 1. The highest BCUT2D eigenvalue weighted by Gasteiger charge is 2.46. The number of carbonyl (C=O) groups excluding carboxylic acids is 2. The lowest BCUT2D eigenvalue weighted by Crippen LogP contribution is -2.53. The SMILES string of the molecule is CCCCCCCCCCCC(=O)N1CCC2(CC1)SCCN2C(=O)c1ccc(Cl)cc1. The van der Waals surface area contributed by atoms with E-state index in [0.29, 0.717) is 22.9 Å². The Morgan fingerprint density at radius 3 is 2.12 bits per heavy atom. The first-order chi connectivity index (χ1) is 15.6. The zero-order valence-electron chi connectivity index (χ0n) is 19.6. The first-order valence-corrected chi connectivity index (χ1v) is 13.9. The molecule has 0 bridgehead atoms. The van der Waals surface area contributed by atoms with Crippen LogP contribution in [0.4, 0.5) is 0 Å². The molecule has 0 radical (unpaired) electrons. The molecule has 0 N–H and O–H groups in total. The average Bonchev–Trinajstić information content (AvgIpc) is 3.21. The van der Waals surface area contributed by atoms with Gasteiger partial charge in [-0.05, 0) is 43.5 Å². The Balaban J connectivity index is 1.38. The number of unbranched alkanes of at least 4 members (excludes halogenated alkanes) is 8. The van der Waals surface area contributed by atoms with E-state index >= 15 is 0 Å². The molecule has 4 nitrogen and oxygen atoms in total. The van der Waals surface area contributed by atoms with Crippen LogP contribution >= 0.6 is 23.4 Å². The van der Waals surface area contributed by atoms with Crippen molar-refractivity contribution in [2.24, 2.45) is 0 Å². The minimum atomic E-state index is -0.161. The molecule has 2 saturated heterocycles. The Labute approximate surface area is 203 Å². The van der Waals surface area contributed by atoms with Gasteiger partial charge in [0.1, 0.15) is 0 Å². The first kappa shape index (κ1) is 25.4. The summed E-state index contributed by atoms with van der Waals surface area (Å²) in [6.07, 6.45) is 13.8. The molecule has 2 amide bonds. The second-order valence-electron chi connectivity index (χ2n) is 9.22. The number of piperidine rings is 1. The molecule has 2 aliphatic heterocycles. The van der Waals surface area contributed by atoms with Crippen LogP contribution in [0.5, 0.6) is 0 Å². The Morgan fingerprint density at radius 2 is 1.50 bits per heavy atom. The fraction of sp³-hybridized carbons (Fsp3) is 0.692. The maximum absolute atomic E-state index is 13.1. The molecule has 0 aromatic heterocycles. The number of carbonyl (C=O) groups is 2. The van der Waals surface area contributed by atoms with Gasteiger partial charge in [0.05, 0.1) is 4.87 Å². The lowest BCUT2D eigenvalue weighted by Gasteiger charge is -2.44. The maximum atomic E-state index is 13.1. The lowest BCUT2D eigenvalue weighted by molar-refractivity contribution is -0.132. The summed E-state index contributed by atoms with van der Waals surface area (Å²) in [5.41, 5.74) is 0.695. The topological polar surface area (TPSA) is 40.6 Å². The van der Waals surface area contributed by atoms with Crippen LogP contribution in [-0.4, -0.2) is 51.9 Å². The summed E-state index contributed by atoms with van der Waals surface area (Å²) in [5, 5.41) is 0.644. The van der Waals surface area contributed by atoms with Crippen molar-refractivity contribution < 1.29 is 9.59 Å². The van der Waals surface area contributed by atoms with Crippen molar-refractivity contribution in [3.8, 4) is 0 Å². The largest absolute Gasteiger partial charge is 0.342 e. The van der Waals surface area contributed by atoms with Gasteiger partial charge < -0.3 is 9.80 Å². The van der Waals surface area contributed by atoms with E-state index < -0.39 is 0 Å². The molecule has 178 valence electrons. The molecule has 1 aromatic rings. The predicted octanol–water partition coefficient (Wildman–Crippen LogP) is 6.77. The highest BCUT2D eigenvalue weighted by molar-refractivity contribution is 8.00. The van der Waals surface area contributed by atoms with Gasteiger partial charge in [0.25, 0.3) is 5.91 Å². The standard InChI is InChI=1S/C26H39ClN2O2S/c1-2-3-4-5-6-7-8-9-10-11-24(30)28-18-16-26(17-19-28)29(20-21-32-26)25(31)22-12-14-23(27)15-13-22/h12-15H,2-11,16-21H2,1H3. The third kappa shape index (κ3) is 6.90. The first-order valence-electron chi connectivity index (χ1n) is 12.5. The van der Waals surface area contributed by atoms with Crippen LogP contribution in [0.3, 0.4) is 0 Å². The number of hydrogen-bond acceptors (Lipinski definition) is 3. The van der Waals surface area contributed by atoms with E-state index in [2.05, 4.69) is 6.92 Å². The van der Waals surface area contributed by atoms with Crippen molar-refractivity contribution in [3.05, 3.63) is 34.9 Å². The fourth-order valence-electron chi connectivity index (χ4n) is 4.91. The van der Waals surface area contributed by atoms with Gasteiger partial charge in [0, 0.05) is 42.4 Å². The molecule has 1 spiro atoms. The Morgan fingerprint density at radius 1 is 0.906 bits per heavy atom. The number of hydrogen-bond donors (Lipinski definition) is 0. The van der Waals surface area contributed by atoms with E-state index in [4.69, 9.17) is 11.6 Å². The van der Waals surface area contributed by atoms with Crippen molar-refractivity contribution in [2.45, 2.75) is 88.8 Å². The van der Waals surface area contributed by atoms with Crippen molar-refractivity contribution in [1.29, 1.82) is 0 Å². The van der Waals surface area contributed by atoms with E-state index in [1.165, 1.54) is 44.9 Å². The quantitative estimate of drug-likeness (QED) is 0.329. The van der Waals surface area contributed by atoms with Gasteiger partial charge in [0.2, 0.25) is 5.91 Å². The van der Waals surface area contributed by atoms with Crippen molar-refractivity contribution in [3.63, 3.8) is 0 Å². The van der Waals surface area contributed by atoms with Gasteiger partial charge in [-0.15, -0.1) is 11.8 Å². The fourth-order valence-corrected chi connectivity index (χ4v) is 6.49. The van der Waals surface area contributed by atoms with Crippen LogP contribution in [0.1, 0.15) is 94.3 Å². The summed E-state index contributed by atoms with van der Waals surface area (Å²) in [6, 6.07) is 7.17. The van der Waals surface area contributed by atoms with E-state index in [1.54, 1.807) is 12.1 Å². The second kappa shape index (κ2) is 12.9. The molecule has 32 heavy (non-hydrogen) atoms. The number of halogens is 1. The van der Waals surface area contributed by atoms with Gasteiger partial charge in [-0.2, -0.15) is 0 Å². The number of rotatable bonds is 11. The smallest absolute Gasteiger partial charge is 0.254 e. The Kier molecular flexibility index (Phi) is 10.2. The van der Waals surface area contributed by atoms with Crippen molar-refractivity contribution in [2.75, 3.05) is 25.4 Å². The zero-order valence-corrected chi connectivity index (χ0v) is 21.2. The highest BCUT2D eigenvalue weighted by Crippen LogP contribution is 2.44. The molecule has 1 aromatic carbocycles. The van der Waals surface area contributed by atoms with Crippen LogP contribution < -0.4 is 0 Å². The number of nitrogens with zero attached hydrogens (tertiary/aromatic N) is 2. The summed E-state index contributed by atoms with van der Waals surface area (Å²) >= 11 is 7.87. The average molecular weight is 479 g/mol. The Hall–Kier alpha value is -1.20. The third-order valence-corrected chi connectivity index (χ3v) is 8.71. The molecular formula is C26H39ClN2O2S. The minimum Gasteiger partial charge on any atom is -0.342 e. The summed E-state index contributed by atoms with van der Waals surface area (Å²) in [7, 11) is 0. The van der Waals surface area contributed by atoms with Crippen LogP contribution in [0.25, 0.3) is 0 Å².